The molecular formula is C17H17N5O3. The molecule has 0 unspecified atom stereocenters. The molecule has 0 aliphatic rings. The minimum atomic E-state index is -0.480. The zero-order chi connectivity index (χ0) is 18.0. The number of fused-ring (bicyclic) bond motifs is 2. The van der Waals surface area contributed by atoms with Crippen LogP contribution in [0.3, 0.4) is 0 Å². The lowest BCUT2D eigenvalue weighted by Crippen LogP contribution is -2.31. The average Bonchev–Trinajstić information content (AvgIpc) is 2.58. The first-order valence-electron chi connectivity index (χ1n) is 7.73. The molecule has 0 radical (unpaired) electrons. The molecule has 1 aromatic carbocycles. The van der Waals surface area contributed by atoms with Crippen molar-refractivity contribution in [1.82, 2.24) is 20.2 Å². The lowest BCUT2D eigenvalue weighted by Gasteiger charge is -2.11. The topological polar surface area (TPSA) is 101 Å². The van der Waals surface area contributed by atoms with Crippen LogP contribution in [0, 0.1) is 10.1 Å². The number of carbonyl (C=O) groups is 1. The maximum absolute atomic E-state index is 12.5. The first-order chi connectivity index (χ1) is 12.0. The van der Waals surface area contributed by atoms with Gasteiger partial charge in [-0.2, -0.15) is 0 Å². The van der Waals surface area contributed by atoms with Gasteiger partial charge in [-0.1, -0.05) is 0 Å². The molecule has 0 saturated heterocycles. The maximum Gasteiger partial charge on any atom is 0.278 e. The van der Waals surface area contributed by atoms with Crippen molar-refractivity contribution in [1.29, 1.82) is 0 Å². The largest absolute Gasteiger partial charge is 0.351 e. The lowest BCUT2D eigenvalue weighted by atomic mass is 10.1. The quantitative estimate of drug-likeness (QED) is 0.433. The molecular weight excluding hydrogens is 322 g/mol. The van der Waals surface area contributed by atoms with Crippen LogP contribution in [-0.2, 0) is 0 Å². The molecule has 25 heavy (non-hydrogen) atoms. The summed E-state index contributed by atoms with van der Waals surface area (Å²) in [7, 11) is 3.82. The van der Waals surface area contributed by atoms with E-state index in [1.54, 1.807) is 24.4 Å². The maximum atomic E-state index is 12.5. The Morgan fingerprint density at radius 2 is 2.08 bits per heavy atom. The number of likely N-dealkylation sites (N-methyl/N-ethyl adjacent to an activating group) is 1. The second-order valence-corrected chi connectivity index (χ2v) is 5.87. The van der Waals surface area contributed by atoms with Gasteiger partial charge >= 0.3 is 0 Å². The monoisotopic (exact) mass is 339 g/mol. The van der Waals surface area contributed by atoms with E-state index >= 15 is 0 Å². The molecule has 0 atom stereocenters. The number of rotatable bonds is 5. The Morgan fingerprint density at radius 3 is 2.80 bits per heavy atom. The Morgan fingerprint density at radius 1 is 1.28 bits per heavy atom. The number of nitro benzene ring substituents is 1. The van der Waals surface area contributed by atoms with Crippen molar-refractivity contribution < 1.29 is 9.72 Å². The summed E-state index contributed by atoms with van der Waals surface area (Å²) in [6, 6.07) is 7.87. The molecule has 1 N–H and O–H groups in total. The van der Waals surface area contributed by atoms with Crippen LogP contribution in [0.25, 0.3) is 21.9 Å². The van der Waals surface area contributed by atoms with Gasteiger partial charge in [0.2, 0.25) is 0 Å². The van der Waals surface area contributed by atoms with E-state index in [0.717, 1.165) is 0 Å². The molecule has 0 fully saturated rings. The molecule has 8 nitrogen and oxygen atoms in total. The van der Waals surface area contributed by atoms with Crippen LogP contribution >= 0.6 is 0 Å². The highest BCUT2D eigenvalue weighted by atomic mass is 16.6. The van der Waals surface area contributed by atoms with E-state index in [1.165, 1.54) is 12.1 Å². The van der Waals surface area contributed by atoms with Crippen LogP contribution in [0.4, 0.5) is 5.69 Å². The third-order valence-electron chi connectivity index (χ3n) is 3.81. The van der Waals surface area contributed by atoms with Crippen LogP contribution < -0.4 is 5.32 Å². The average molecular weight is 339 g/mol. The van der Waals surface area contributed by atoms with E-state index < -0.39 is 4.92 Å². The predicted molar refractivity (Wildman–Crippen MR) is 94.6 cm³/mol. The molecule has 2 aromatic heterocycles. The number of non-ortho nitro benzene ring substituents is 1. The molecule has 128 valence electrons. The van der Waals surface area contributed by atoms with E-state index in [0.29, 0.717) is 40.6 Å². The number of nitrogens with one attached hydrogen (secondary N) is 1. The first-order valence-corrected chi connectivity index (χ1v) is 7.73. The van der Waals surface area contributed by atoms with Crippen molar-refractivity contribution in [2.24, 2.45) is 0 Å². The van der Waals surface area contributed by atoms with Crippen molar-refractivity contribution in [3.8, 4) is 0 Å². The van der Waals surface area contributed by atoms with Gasteiger partial charge in [0.05, 0.1) is 32.4 Å². The zero-order valence-electron chi connectivity index (χ0n) is 13.9. The Balaban J connectivity index is 2.12. The summed E-state index contributed by atoms with van der Waals surface area (Å²) in [6.45, 7) is 1.16. The summed E-state index contributed by atoms with van der Waals surface area (Å²) in [5.41, 5.74) is 1.64. The number of pyridine rings is 2. The highest BCUT2D eigenvalue weighted by Crippen LogP contribution is 2.29. The number of hydrogen-bond acceptors (Lipinski definition) is 6. The molecule has 1 amide bonds. The second kappa shape index (κ2) is 6.78. The van der Waals surface area contributed by atoms with Crippen LogP contribution in [0.5, 0.6) is 0 Å². The molecule has 3 rings (SSSR count). The highest BCUT2D eigenvalue weighted by Gasteiger charge is 2.20. The fourth-order valence-corrected chi connectivity index (χ4v) is 2.56. The number of hydrogen-bond donors (Lipinski definition) is 1. The first kappa shape index (κ1) is 16.7. The van der Waals surface area contributed by atoms with Crippen molar-refractivity contribution in [2.45, 2.75) is 0 Å². The smallest absolute Gasteiger partial charge is 0.278 e. The number of carbonyl (C=O) groups excluding carboxylic acids is 1. The molecule has 8 heteroatoms. The molecule has 0 spiro atoms. The van der Waals surface area contributed by atoms with Gasteiger partial charge < -0.3 is 10.2 Å². The molecule has 0 aliphatic heterocycles. The molecule has 0 aliphatic carbocycles. The van der Waals surface area contributed by atoms with Gasteiger partial charge in [-0.05, 0) is 38.4 Å². The number of benzene rings is 1. The van der Waals surface area contributed by atoms with E-state index in [2.05, 4.69) is 15.3 Å². The summed E-state index contributed by atoms with van der Waals surface area (Å²) in [5.74, 6) is -0.308. The minimum absolute atomic E-state index is 0.0973. The number of nitrogens with zero attached hydrogens (tertiary/aromatic N) is 4. The van der Waals surface area contributed by atoms with Gasteiger partial charge in [0.15, 0.2) is 0 Å². The summed E-state index contributed by atoms with van der Waals surface area (Å²) < 4.78 is 0. The van der Waals surface area contributed by atoms with Gasteiger partial charge in [-0.3, -0.25) is 19.9 Å². The molecule has 3 aromatic rings. The Hall–Kier alpha value is -3.13. The van der Waals surface area contributed by atoms with E-state index in [4.69, 9.17) is 0 Å². The van der Waals surface area contributed by atoms with E-state index in [-0.39, 0.29) is 11.6 Å². The molecule has 0 saturated carbocycles. The molecule has 2 heterocycles. The SMILES string of the molecule is CN(C)CCNC(=O)c1ccc([N+](=O)[O-])c2cc3ncccc3nc12. The normalized spacial score (nSPS) is 11.2. The lowest BCUT2D eigenvalue weighted by molar-refractivity contribution is -0.383. The standard InChI is InChI=1S/C17H17N5O3/c1-21(2)9-8-19-17(23)11-5-6-15(22(24)25)12-10-14-13(20-16(11)12)4-3-7-18-14/h3-7,10H,8-9H2,1-2H3,(H,19,23). The number of aromatic nitrogens is 2. The van der Waals surface area contributed by atoms with Gasteiger partial charge in [0.25, 0.3) is 11.6 Å². The van der Waals surface area contributed by atoms with Crippen LogP contribution in [0.2, 0.25) is 0 Å². The summed E-state index contributed by atoms with van der Waals surface area (Å²) in [4.78, 5) is 33.9. The van der Waals surface area contributed by atoms with Crippen molar-refractivity contribution in [2.75, 3.05) is 27.2 Å². The predicted octanol–water partition coefficient (Wildman–Crippen LogP) is 1.98. The Bertz CT molecular complexity index is 971. The van der Waals surface area contributed by atoms with Crippen molar-refractivity contribution in [3.05, 3.63) is 52.2 Å². The van der Waals surface area contributed by atoms with Crippen LogP contribution in [0.15, 0.2) is 36.5 Å². The van der Waals surface area contributed by atoms with Gasteiger partial charge in [0.1, 0.15) is 0 Å². The van der Waals surface area contributed by atoms with Crippen LogP contribution in [-0.4, -0.2) is 52.9 Å². The minimum Gasteiger partial charge on any atom is -0.351 e. The van der Waals surface area contributed by atoms with E-state index in [1.807, 2.05) is 19.0 Å². The zero-order valence-corrected chi connectivity index (χ0v) is 13.9. The Labute approximate surface area is 143 Å². The third kappa shape index (κ3) is 3.38. The second-order valence-electron chi connectivity index (χ2n) is 5.87. The fourth-order valence-electron chi connectivity index (χ4n) is 2.56. The number of nitro groups is 1. The summed E-state index contributed by atoms with van der Waals surface area (Å²) in [5, 5.41) is 14.4. The van der Waals surface area contributed by atoms with Gasteiger partial charge in [-0.15, -0.1) is 0 Å². The van der Waals surface area contributed by atoms with Gasteiger partial charge in [0, 0.05) is 25.4 Å². The summed E-state index contributed by atoms with van der Waals surface area (Å²) in [6.07, 6.45) is 1.60. The van der Waals surface area contributed by atoms with Gasteiger partial charge in [-0.25, -0.2) is 4.98 Å². The number of amides is 1. The van der Waals surface area contributed by atoms with Crippen LogP contribution in [0.1, 0.15) is 10.4 Å². The van der Waals surface area contributed by atoms with Crippen molar-refractivity contribution in [3.63, 3.8) is 0 Å². The fraction of sp³-hybridized carbons (Fsp3) is 0.235. The highest BCUT2D eigenvalue weighted by molar-refractivity contribution is 6.09. The van der Waals surface area contributed by atoms with E-state index in [9.17, 15) is 14.9 Å². The summed E-state index contributed by atoms with van der Waals surface area (Å²) >= 11 is 0. The Kier molecular flexibility index (Phi) is 4.53. The third-order valence-corrected chi connectivity index (χ3v) is 3.81. The molecule has 0 bridgehead atoms. The van der Waals surface area contributed by atoms with Crippen molar-refractivity contribution >= 4 is 33.5 Å².